The van der Waals surface area contributed by atoms with E-state index in [1.807, 2.05) is 0 Å². The molecule has 1 saturated heterocycles. The van der Waals surface area contributed by atoms with Gasteiger partial charge in [-0.1, -0.05) is 0 Å². The summed E-state index contributed by atoms with van der Waals surface area (Å²) in [5.41, 5.74) is 0.319. The average molecular weight is 263 g/mol. The molecular formula is C13H17N3O3. The molecule has 2 heterocycles. The first-order valence-electron chi connectivity index (χ1n) is 6.37. The molecule has 0 unspecified atom stereocenters. The van der Waals surface area contributed by atoms with Gasteiger partial charge in [-0.05, 0) is 38.1 Å². The van der Waals surface area contributed by atoms with Crippen LogP contribution in [-0.4, -0.2) is 53.0 Å². The number of carboxylic acid groups (broad SMARTS) is 1. The van der Waals surface area contributed by atoms with Crippen LogP contribution in [0, 0.1) is 0 Å². The van der Waals surface area contributed by atoms with Gasteiger partial charge in [-0.3, -0.25) is 9.78 Å². The van der Waals surface area contributed by atoms with E-state index in [0.717, 1.165) is 19.6 Å². The molecule has 6 heteroatoms. The van der Waals surface area contributed by atoms with Crippen LogP contribution in [0.25, 0.3) is 0 Å². The predicted octanol–water partition coefficient (Wildman–Crippen LogP) is 0.605. The highest BCUT2D eigenvalue weighted by Gasteiger charge is 2.12. The van der Waals surface area contributed by atoms with Gasteiger partial charge in [0.1, 0.15) is 5.69 Å². The Hall–Kier alpha value is -1.95. The number of nitrogens with zero attached hydrogens (tertiary/aromatic N) is 2. The first-order valence-corrected chi connectivity index (χ1v) is 6.37. The van der Waals surface area contributed by atoms with Gasteiger partial charge in [-0.15, -0.1) is 0 Å². The molecule has 19 heavy (non-hydrogen) atoms. The fourth-order valence-corrected chi connectivity index (χ4v) is 2.08. The number of carbonyl (C=O) groups excluding carboxylic acids is 1. The van der Waals surface area contributed by atoms with Crippen LogP contribution in [0.4, 0.5) is 0 Å². The zero-order valence-electron chi connectivity index (χ0n) is 10.6. The third-order valence-electron chi connectivity index (χ3n) is 3.16. The number of aromatic nitrogens is 1. The summed E-state index contributed by atoms with van der Waals surface area (Å²) in [6.07, 6.45) is 3.65. The van der Waals surface area contributed by atoms with Crippen LogP contribution in [0.3, 0.4) is 0 Å². The Kier molecular flexibility index (Phi) is 4.46. The van der Waals surface area contributed by atoms with E-state index in [1.165, 1.54) is 31.2 Å². The van der Waals surface area contributed by atoms with Crippen LogP contribution < -0.4 is 5.32 Å². The number of nitrogens with one attached hydrogen (secondary N) is 1. The lowest BCUT2D eigenvalue weighted by Crippen LogP contribution is -2.33. The second-order valence-corrected chi connectivity index (χ2v) is 4.54. The van der Waals surface area contributed by atoms with E-state index >= 15 is 0 Å². The van der Waals surface area contributed by atoms with Crippen LogP contribution in [0.1, 0.15) is 33.7 Å². The normalized spacial score (nSPS) is 15.4. The Bertz CT molecular complexity index is 453. The van der Waals surface area contributed by atoms with Gasteiger partial charge in [0.25, 0.3) is 5.91 Å². The van der Waals surface area contributed by atoms with Crippen molar-refractivity contribution in [2.24, 2.45) is 0 Å². The molecule has 1 aliphatic rings. The van der Waals surface area contributed by atoms with Crippen LogP contribution >= 0.6 is 0 Å². The number of hydrogen-bond acceptors (Lipinski definition) is 4. The van der Waals surface area contributed by atoms with Crippen molar-refractivity contribution in [2.45, 2.75) is 12.8 Å². The number of rotatable bonds is 5. The van der Waals surface area contributed by atoms with Crippen molar-refractivity contribution in [1.29, 1.82) is 0 Å². The Morgan fingerprint density at radius 1 is 1.32 bits per heavy atom. The number of hydrogen-bond donors (Lipinski definition) is 2. The fourth-order valence-electron chi connectivity index (χ4n) is 2.08. The molecule has 2 rings (SSSR count). The maximum Gasteiger partial charge on any atom is 0.337 e. The van der Waals surface area contributed by atoms with Gasteiger partial charge in [0, 0.05) is 19.3 Å². The standard InChI is InChI=1S/C13H17N3O3/c17-12(14-5-8-16-6-1-2-7-16)11-4-3-10(9-15-11)13(18)19/h3-4,9H,1-2,5-8H2,(H,14,17)(H,18,19). The molecule has 0 aliphatic carbocycles. The summed E-state index contributed by atoms with van der Waals surface area (Å²) in [5.74, 6) is -1.32. The minimum Gasteiger partial charge on any atom is -0.478 e. The molecule has 1 fully saturated rings. The van der Waals surface area contributed by atoms with Gasteiger partial charge in [0.05, 0.1) is 5.56 Å². The summed E-state index contributed by atoms with van der Waals surface area (Å²) in [6, 6.07) is 2.80. The van der Waals surface area contributed by atoms with Crippen molar-refractivity contribution in [3.05, 3.63) is 29.6 Å². The molecule has 2 N–H and O–H groups in total. The van der Waals surface area contributed by atoms with Crippen molar-refractivity contribution < 1.29 is 14.7 Å². The molecule has 1 aromatic rings. The molecule has 0 bridgehead atoms. The summed E-state index contributed by atoms with van der Waals surface area (Å²) < 4.78 is 0. The van der Waals surface area contributed by atoms with Crippen LogP contribution in [-0.2, 0) is 0 Å². The van der Waals surface area contributed by atoms with E-state index in [0.29, 0.717) is 6.54 Å². The molecule has 0 spiro atoms. The molecule has 0 saturated carbocycles. The van der Waals surface area contributed by atoms with Crippen molar-refractivity contribution in [3.63, 3.8) is 0 Å². The minimum absolute atomic E-state index is 0.0774. The molecule has 1 amide bonds. The van der Waals surface area contributed by atoms with E-state index in [1.54, 1.807) is 0 Å². The summed E-state index contributed by atoms with van der Waals surface area (Å²) in [5, 5.41) is 11.5. The summed E-state index contributed by atoms with van der Waals surface area (Å²) >= 11 is 0. The third kappa shape index (κ3) is 3.75. The van der Waals surface area contributed by atoms with Gasteiger partial charge in [0.15, 0.2) is 0 Å². The monoisotopic (exact) mass is 263 g/mol. The average Bonchev–Trinajstić information content (AvgIpc) is 2.92. The van der Waals surface area contributed by atoms with Crippen molar-refractivity contribution >= 4 is 11.9 Å². The molecule has 0 aromatic carbocycles. The Labute approximate surface area is 111 Å². The van der Waals surface area contributed by atoms with E-state index in [9.17, 15) is 9.59 Å². The first kappa shape index (κ1) is 13.5. The second-order valence-electron chi connectivity index (χ2n) is 4.54. The maximum absolute atomic E-state index is 11.8. The first-order chi connectivity index (χ1) is 9.16. The SMILES string of the molecule is O=C(O)c1ccc(C(=O)NCCN2CCCC2)nc1. The second kappa shape index (κ2) is 6.29. The number of amides is 1. The van der Waals surface area contributed by atoms with Crippen LogP contribution in [0.2, 0.25) is 0 Å². The number of likely N-dealkylation sites (tertiary alicyclic amines) is 1. The highest BCUT2D eigenvalue weighted by atomic mass is 16.4. The quantitative estimate of drug-likeness (QED) is 0.813. The zero-order chi connectivity index (χ0) is 13.7. The molecule has 1 aromatic heterocycles. The lowest BCUT2D eigenvalue weighted by Gasteiger charge is -2.14. The zero-order valence-corrected chi connectivity index (χ0v) is 10.6. The van der Waals surface area contributed by atoms with E-state index in [4.69, 9.17) is 5.11 Å². The lowest BCUT2D eigenvalue weighted by molar-refractivity contribution is 0.0695. The molecule has 0 radical (unpaired) electrons. The molecule has 1 aliphatic heterocycles. The predicted molar refractivity (Wildman–Crippen MR) is 69.2 cm³/mol. The Morgan fingerprint density at radius 2 is 2.05 bits per heavy atom. The van der Waals surface area contributed by atoms with Crippen molar-refractivity contribution in [2.75, 3.05) is 26.2 Å². The van der Waals surface area contributed by atoms with Crippen LogP contribution in [0.15, 0.2) is 18.3 Å². The van der Waals surface area contributed by atoms with E-state index in [2.05, 4.69) is 15.2 Å². The van der Waals surface area contributed by atoms with E-state index in [-0.39, 0.29) is 17.2 Å². The highest BCUT2D eigenvalue weighted by molar-refractivity contribution is 5.93. The summed E-state index contributed by atoms with van der Waals surface area (Å²) in [4.78, 5) is 28.6. The van der Waals surface area contributed by atoms with Crippen LogP contribution in [0.5, 0.6) is 0 Å². The van der Waals surface area contributed by atoms with Gasteiger partial charge >= 0.3 is 5.97 Å². The van der Waals surface area contributed by atoms with Crippen molar-refractivity contribution in [1.82, 2.24) is 15.2 Å². The summed E-state index contributed by atoms with van der Waals surface area (Å²) in [6.45, 7) is 3.63. The molecule has 102 valence electrons. The third-order valence-corrected chi connectivity index (χ3v) is 3.16. The largest absolute Gasteiger partial charge is 0.478 e. The Morgan fingerprint density at radius 3 is 2.63 bits per heavy atom. The fraction of sp³-hybridized carbons (Fsp3) is 0.462. The van der Waals surface area contributed by atoms with E-state index < -0.39 is 5.97 Å². The number of carbonyl (C=O) groups is 2. The van der Waals surface area contributed by atoms with Crippen molar-refractivity contribution in [3.8, 4) is 0 Å². The minimum atomic E-state index is -1.05. The highest BCUT2D eigenvalue weighted by Crippen LogP contribution is 2.05. The number of pyridine rings is 1. The molecule has 0 atom stereocenters. The summed E-state index contributed by atoms with van der Waals surface area (Å²) in [7, 11) is 0. The van der Waals surface area contributed by atoms with Gasteiger partial charge in [-0.2, -0.15) is 0 Å². The van der Waals surface area contributed by atoms with Gasteiger partial charge in [-0.25, -0.2) is 4.79 Å². The Balaban J connectivity index is 1.80. The smallest absolute Gasteiger partial charge is 0.337 e. The van der Waals surface area contributed by atoms with Gasteiger partial charge < -0.3 is 15.3 Å². The lowest BCUT2D eigenvalue weighted by atomic mass is 10.2. The topological polar surface area (TPSA) is 82.5 Å². The van der Waals surface area contributed by atoms with Gasteiger partial charge in [0.2, 0.25) is 0 Å². The number of carboxylic acids is 1. The number of aromatic carboxylic acids is 1. The maximum atomic E-state index is 11.8. The molecule has 6 nitrogen and oxygen atoms in total. The molecular weight excluding hydrogens is 246 g/mol.